The molecule has 138 valence electrons. The summed E-state index contributed by atoms with van der Waals surface area (Å²) in [7, 11) is 1.86. The van der Waals surface area contributed by atoms with Crippen molar-refractivity contribution >= 4 is 45.4 Å². The monoisotopic (exact) mass is 380 g/mol. The van der Waals surface area contributed by atoms with Crippen molar-refractivity contribution in [1.82, 2.24) is 24.3 Å². The number of anilines is 1. The highest BCUT2D eigenvalue weighted by atomic mass is 32.2. The molecule has 0 saturated carbocycles. The first kappa shape index (κ1) is 17.5. The normalized spacial score (nSPS) is 11.4. The van der Waals surface area contributed by atoms with E-state index in [2.05, 4.69) is 31.9 Å². The number of amides is 1. The van der Waals surface area contributed by atoms with Gasteiger partial charge in [0.1, 0.15) is 0 Å². The average Bonchev–Trinajstić information content (AvgIpc) is 3.16. The van der Waals surface area contributed by atoms with E-state index in [9.17, 15) is 4.79 Å². The second-order valence-electron chi connectivity index (χ2n) is 6.27. The fraction of sp³-hybridized carbons (Fsp3) is 0.263. The van der Waals surface area contributed by atoms with E-state index < -0.39 is 0 Å². The van der Waals surface area contributed by atoms with Crippen LogP contribution in [-0.4, -0.2) is 36.0 Å². The number of nitrogens with one attached hydrogen (secondary N) is 1. The molecule has 1 N–H and O–H groups in total. The van der Waals surface area contributed by atoms with E-state index in [4.69, 9.17) is 0 Å². The van der Waals surface area contributed by atoms with Crippen molar-refractivity contribution in [2.24, 2.45) is 7.05 Å². The van der Waals surface area contributed by atoms with Crippen LogP contribution in [-0.2, 0) is 18.4 Å². The summed E-state index contributed by atoms with van der Waals surface area (Å²) in [5.74, 6) is 0.199. The molecule has 7 nitrogen and oxygen atoms in total. The molecule has 3 heterocycles. The Hall–Kier alpha value is -2.87. The second kappa shape index (κ2) is 7.03. The number of thioether (sulfide) groups is 1. The molecule has 0 saturated heterocycles. The van der Waals surface area contributed by atoms with Crippen LogP contribution in [0, 0.1) is 6.92 Å². The van der Waals surface area contributed by atoms with Gasteiger partial charge in [0.25, 0.3) is 0 Å². The van der Waals surface area contributed by atoms with Crippen LogP contribution >= 0.6 is 11.8 Å². The molecule has 0 aliphatic heterocycles. The van der Waals surface area contributed by atoms with E-state index in [0.29, 0.717) is 5.69 Å². The fourth-order valence-electron chi connectivity index (χ4n) is 3.17. The van der Waals surface area contributed by atoms with E-state index in [1.165, 1.54) is 11.8 Å². The molecule has 0 radical (unpaired) electrons. The maximum absolute atomic E-state index is 12.4. The summed E-state index contributed by atoms with van der Waals surface area (Å²) in [5, 5.41) is 9.06. The number of carbonyl (C=O) groups excluding carboxylic acids is 1. The quantitative estimate of drug-likeness (QED) is 0.537. The summed E-state index contributed by atoms with van der Waals surface area (Å²) in [6, 6.07) is 9.92. The van der Waals surface area contributed by atoms with Gasteiger partial charge in [0.2, 0.25) is 5.91 Å². The first-order valence-corrected chi connectivity index (χ1v) is 9.72. The Morgan fingerprint density at radius 3 is 2.93 bits per heavy atom. The first-order valence-electron chi connectivity index (χ1n) is 8.74. The van der Waals surface area contributed by atoms with Crippen LogP contribution in [0.25, 0.3) is 22.1 Å². The van der Waals surface area contributed by atoms with E-state index in [-0.39, 0.29) is 11.7 Å². The first-order chi connectivity index (χ1) is 13.1. The van der Waals surface area contributed by atoms with Crippen molar-refractivity contribution in [1.29, 1.82) is 0 Å². The van der Waals surface area contributed by atoms with Crippen LogP contribution < -0.4 is 5.32 Å². The lowest BCUT2D eigenvalue weighted by Gasteiger charge is -2.07. The van der Waals surface area contributed by atoms with Gasteiger partial charge in [0, 0.05) is 19.0 Å². The second-order valence-corrected chi connectivity index (χ2v) is 7.21. The zero-order valence-corrected chi connectivity index (χ0v) is 16.2. The third-order valence-corrected chi connectivity index (χ3v) is 5.39. The Balaban J connectivity index is 1.48. The number of hydrogen-bond acceptors (Lipinski definition) is 5. The lowest BCUT2D eigenvalue weighted by Crippen LogP contribution is -2.14. The Bertz CT molecular complexity index is 1150. The third kappa shape index (κ3) is 3.28. The molecule has 4 aromatic rings. The summed E-state index contributed by atoms with van der Waals surface area (Å²) in [6.07, 6.45) is 1.66. The van der Waals surface area contributed by atoms with Gasteiger partial charge in [0.15, 0.2) is 10.8 Å². The molecule has 0 aliphatic rings. The number of pyridine rings is 1. The summed E-state index contributed by atoms with van der Waals surface area (Å²) in [4.78, 5) is 21.4. The minimum atomic E-state index is -0.0857. The van der Waals surface area contributed by atoms with Gasteiger partial charge in [-0.2, -0.15) is 5.10 Å². The summed E-state index contributed by atoms with van der Waals surface area (Å²) in [6.45, 7) is 4.82. The van der Waals surface area contributed by atoms with Crippen molar-refractivity contribution in [2.45, 2.75) is 25.5 Å². The number of carbonyl (C=O) groups is 1. The molecule has 1 aromatic carbocycles. The van der Waals surface area contributed by atoms with Gasteiger partial charge in [-0.3, -0.25) is 9.48 Å². The minimum Gasteiger partial charge on any atom is -0.324 e. The molecular formula is C19H20N6OS. The number of benzene rings is 1. The molecule has 3 aromatic heterocycles. The summed E-state index contributed by atoms with van der Waals surface area (Å²) < 4.78 is 3.86. The average molecular weight is 380 g/mol. The molecule has 0 bridgehead atoms. The predicted octanol–water partition coefficient (Wildman–Crippen LogP) is 3.38. The molecule has 1 amide bonds. The number of imidazole rings is 1. The molecule has 0 atom stereocenters. The van der Waals surface area contributed by atoms with Crippen molar-refractivity contribution in [3.63, 3.8) is 0 Å². The molecule has 4 rings (SSSR count). The smallest absolute Gasteiger partial charge is 0.234 e. The lowest BCUT2D eigenvalue weighted by molar-refractivity contribution is -0.113. The maximum atomic E-state index is 12.4. The van der Waals surface area contributed by atoms with Gasteiger partial charge in [-0.05, 0) is 32.0 Å². The zero-order valence-electron chi connectivity index (χ0n) is 15.4. The van der Waals surface area contributed by atoms with Crippen molar-refractivity contribution < 1.29 is 4.79 Å². The predicted molar refractivity (Wildman–Crippen MR) is 108 cm³/mol. The Morgan fingerprint density at radius 2 is 2.11 bits per heavy atom. The minimum absolute atomic E-state index is 0.0857. The van der Waals surface area contributed by atoms with Crippen LogP contribution in [0.4, 0.5) is 5.69 Å². The van der Waals surface area contributed by atoms with E-state index in [1.807, 2.05) is 44.3 Å². The van der Waals surface area contributed by atoms with Gasteiger partial charge in [0.05, 0.1) is 34.4 Å². The Morgan fingerprint density at radius 1 is 1.30 bits per heavy atom. The van der Waals surface area contributed by atoms with Crippen molar-refractivity contribution in [3.05, 3.63) is 42.2 Å². The number of fused-ring (bicyclic) bond motifs is 2. The number of nitrogens with zero attached hydrogens (tertiary/aromatic N) is 5. The van der Waals surface area contributed by atoms with Crippen LogP contribution in [0.15, 0.2) is 41.7 Å². The number of para-hydroxylation sites is 2. The Kier molecular flexibility index (Phi) is 4.57. The molecule has 8 heteroatoms. The standard InChI is InChI=1S/C19H20N6OS/c1-4-25-16-8-6-5-7-15(16)22-19(25)27-11-17(26)21-13-9-14-12(2)23-24(3)18(14)20-10-13/h5-10H,4,11H2,1-3H3,(H,21,26). The number of aromatic nitrogens is 5. The van der Waals surface area contributed by atoms with E-state index in [1.54, 1.807) is 10.9 Å². The summed E-state index contributed by atoms with van der Waals surface area (Å²) in [5.41, 5.74) is 4.40. The molecular weight excluding hydrogens is 360 g/mol. The molecule has 27 heavy (non-hydrogen) atoms. The maximum Gasteiger partial charge on any atom is 0.234 e. The molecule has 0 fully saturated rings. The van der Waals surface area contributed by atoms with Gasteiger partial charge in [-0.25, -0.2) is 9.97 Å². The number of hydrogen-bond donors (Lipinski definition) is 1. The van der Waals surface area contributed by atoms with Crippen LogP contribution in [0.5, 0.6) is 0 Å². The summed E-state index contributed by atoms with van der Waals surface area (Å²) >= 11 is 1.44. The Labute approximate surface area is 160 Å². The molecule has 0 spiro atoms. The molecule has 0 aliphatic carbocycles. The number of rotatable bonds is 5. The topological polar surface area (TPSA) is 77.6 Å². The lowest BCUT2D eigenvalue weighted by atomic mass is 10.2. The van der Waals surface area contributed by atoms with Crippen LogP contribution in [0.3, 0.4) is 0 Å². The third-order valence-electron chi connectivity index (χ3n) is 4.41. The van der Waals surface area contributed by atoms with Crippen LogP contribution in [0.2, 0.25) is 0 Å². The van der Waals surface area contributed by atoms with Crippen LogP contribution in [0.1, 0.15) is 12.6 Å². The van der Waals surface area contributed by atoms with Gasteiger partial charge >= 0.3 is 0 Å². The van der Waals surface area contributed by atoms with Gasteiger partial charge in [-0.1, -0.05) is 23.9 Å². The van der Waals surface area contributed by atoms with Gasteiger partial charge in [-0.15, -0.1) is 0 Å². The van der Waals surface area contributed by atoms with Gasteiger partial charge < -0.3 is 9.88 Å². The highest BCUT2D eigenvalue weighted by molar-refractivity contribution is 7.99. The van der Waals surface area contributed by atoms with Crippen molar-refractivity contribution in [3.8, 4) is 0 Å². The number of aryl methyl sites for hydroxylation is 3. The SMILES string of the molecule is CCn1c(SCC(=O)Nc2cnc3c(c2)c(C)nn3C)nc2ccccc21. The highest BCUT2D eigenvalue weighted by Gasteiger charge is 2.13. The largest absolute Gasteiger partial charge is 0.324 e. The van der Waals surface area contributed by atoms with Crippen molar-refractivity contribution in [2.75, 3.05) is 11.1 Å². The zero-order chi connectivity index (χ0) is 19.0. The fourth-order valence-corrected chi connectivity index (χ4v) is 4.05. The molecule has 0 unspecified atom stereocenters. The van der Waals surface area contributed by atoms with E-state index in [0.717, 1.165) is 39.5 Å². The highest BCUT2D eigenvalue weighted by Crippen LogP contribution is 2.24. The van der Waals surface area contributed by atoms with E-state index >= 15 is 0 Å².